The lowest BCUT2D eigenvalue weighted by Gasteiger charge is -2.21. The minimum absolute atomic E-state index is 0.149. The normalized spacial score (nSPS) is 22.7. The van der Waals surface area contributed by atoms with Crippen LogP contribution in [0.5, 0.6) is 0 Å². The SMILES string of the molecule is CC(CN1CCC(C(C)O)C1)C(=O)c1ccccc1F. The van der Waals surface area contributed by atoms with Crippen LogP contribution in [0.4, 0.5) is 4.39 Å². The van der Waals surface area contributed by atoms with Crippen molar-refractivity contribution < 1.29 is 14.3 Å². The van der Waals surface area contributed by atoms with Gasteiger partial charge in [0.15, 0.2) is 5.78 Å². The highest BCUT2D eigenvalue weighted by Gasteiger charge is 2.28. The van der Waals surface area contributed by atoms with E-state index in [1.807, 2.05) is 13.8 Å². The molecule has 4 heteroatoms. The molecule has 0 bridgehead atoms. The number of rotatable bonds is 5. The van der Waals surface area contributed by atoms with E-state index in [-0.39, 0.29) is 29.3 Å². The second kappa shape index (κ2) is 6.46. The van der Waals surface area contributed by atoms with Crippen molar-refractivity contribution in [2.45, 2.75) is 26.4 Å². The zero-order valence-corrected chi connectivity index (χ0v) is 12.1. The van der Waals surface area contributed by atoms with Crippen molar-refractivity contribution in [1.82, 2.24) is 4.90 Å². The van der Waals surface area contributed by atoms with E-state index in [1.165, 1.54) is 12.1 Å². The highest BCUT2D eigenvalue weighted by Crippen LogP contribution is 2.22. The van der Waals surface area contributed by atoms with Crippen LogP contribution in [0.3, 0.4) is 0 Å². The molecule has 0 spiro atoms. The lowest BCUT2D eigenvalue weighted by molar-refractivity contribution is 0.0889. The Morgan fingerprint density at radius 3 is 2.75 bits per heavy atom. The average molecular weight is 279 g/mol. The molecule has 1 aromatic rings. The first-order valence-corrected chi connectivity index (χ1v) is 7.18. The molecular formula is C16H22FNO2. The highest BCUT2D eigenvalue weighted by molar-refractivity contribution is 5.98. The molecule has 0 radical (unpaired) electrons. The fourth-order valence-electron chi connectivity index (χ4n) is 2.82. The van der Waals surface area contributed by atoms with Crippen molar-refractivity contribution in [2.24, 2.45) is 11.8 Å². The third-order valence-electron chi connectivity index (χ3n) is 4.11. The summed E-state index contributed by atoms with van der Waals surface area (Å²) in [7, 11) is 0. The molecule has 3 atom stereocenters. The smallest absolute Gasteiger partial charge is 0.169 e. The summed E-state index contributed by atoms with van der Waals surface area (Å²) >= 11 is 0. The third kappa shape index (κ3) is 3.44. The molecule has 110 valence electrons. The molecule has 3 nitrogen and oxygen atoms in total. The Bertz CT molecular complexity index is 475. The summed E-state index contributed by atoms with van der Waals surface area (Å²) in [6.45, 7) is 5.97. The van der Waals surface area contributed by atoms with Crippen LogP contribution in [0, 0.1) is 17.7 Å². The lowest BCUT2D eigenvalue weighted by atomic mass is 9.98. The number of carbonyl (C=O) groups excluding carboxylic acids is 1. The first kappa shape index (κ1) is 15.1. The molecule has 20 heavy (non-hydrogen) atoms. The van der Waals surface area contributed by atoms with Crippen LogP contribution in [-0.4, -0.2) is 41.5 Å². The van der Waals surface area contributed by atoms with E-state index in [4.69, 9.17) is 0 Å². The fraction of sp³-hybridized carbons (Fsp3) is 0.562. The fourth-order valence-corrected chi connectivity index (χ4v) is 2.82. The van der Waals surface area contributed by atoms with Gasteiger partial charge in [0.05, 0.1) is 11.7 Å². The van der Waals surface area contributed by atoms with E-state index in [9.17, 15) is 14.3 Å². The Hall–Kier alpha value is -1.26. The van der Waals surface area contributed by atoms with Crippen LogP contribution in [0.15, 0.2) is 24.3 Å². The van der Waals surface area contributed by atoms with Gasteiger partial charge in [-0.2, -0.15) is 0 Å². The summed E-state index contributed by atoms with van der Waals surface area (Å²) < 4.78 is 13.6. The van der Waals surface area contributed by atoms with Gasteiger partial charge in [-0.15, -0.1) is 0 Å². The summed E-state index contributed by atoms with van der Waals surface area (Å²) in [5.74, 6) is -0.554. The van der Waals surface area contributed by atoms with Gasteiger partial charge in [-0.25, -0.2) is 4.39 Å². The molecular weight excluding hydrogens is 257 g/mol. The molecule has 0 aliphatic carbocycles. The maximum absolute atomic E-state index is 13.6. The van der Waals surface area contributed by atoms with Gasteiger partial charge in [-0.05, 0) is 37.9 Å². The summed E-state index contributed by atoms with van der Waals surface area (Å²) in [5.41, 5.74) is 0.172. The van der Waals surface area contributed by atoms with Gasteiger partial charge >= 0.3 is 0 Å². The molecule has 1 heterocycles. The highest BCUT2D eigenvalue weighted by atomic mass is 19.1. The maximum atomic E-state index is 13.6. The van der Waals surface area contributed by atoms with Gasteiger partial charge in [0.25, 0.3) is 0 Å². The molecule has 1 aromatic carbocycles. The summed E-state index contributed by atoms with van der Waals surface area (Å²) in [4.78, 5) is 14.4. The van der Waals surface area contributed by atoms with E-state index in [2.05, 4.69) is 4.90 Å². The number of ketones is 1. The monoisotopic (exact) mass is 279 g/mol. The lowest BCUT2D eigenvalue weighted by Crippen LogP contribution is -2.31. The number of hydrogen-bond acceptors (Lipinski definition) is 3. The minimum Gasteiger partial charge on any atom is -0.393 e. The Balaban J connectivity index is 1.94. The summed E-state index contributed by atoms with van der Waals surface area (Å²) in [6, 6.07) is 6.13. The van der Waals surface area contributed by atoms with Crippen molar-refractivity contribution in [3.8, 4) is 0 Å². The Kier molecular flexibility index (Phi) is 4.89. The maximum Gasteiger partial charge on any atom is 0.169 e. The minimum atomic E-state index is -0.451. The number of Topliss-reactive ketones (excluding diaryl/α,β-unsaturated/α-hetero) is 1. The van der Waals surface area contributed by atoms with Gasteiger partial charge in [0.1, 0.15) is 5.82 Å². The van der Waals surface area contributed by atoms with E-state index >= 15 is 0 Å². The van der Waals surface area contributed by atoms with E-state index in [0.29, 0.717) is 6.54 Å². The predicted molar refractivity (Wildman–Crippen MR) is 76.1 cm³/mol. The Morgan fingerprint density at radius 1 is 1.45 bits per heavy atom. The molecule has 1 aliphatic heterocycles. The van der Waals surface area contributed by atoms with Gasteiger partial charge in [0.2, 0.25) is 0 Å². The standard InChI is InChI=1S/C16H22FNO2/c1-11(9-18-8-7-13(10-18)12(2)19)16(20)14-5-3-4-6-15(14)17/h3-6,11-13,19H,7-10H2,1-2H3. The van der Waals surface area contributed by atoms with Crippen molar-refractivity contribution in [3.63, 3.8) is 0 Å². The molecule has 1 aliphatic rings. The van der Waals surface area contributed by atoms with E-state index in [0.717, 1.165) is 19.5 Å². The van der Waals surface area contributed by atoms with Crippen molar-refractivity contribution in [1.29, 1.82) is 0 Å². The second-order valence-corrected chi connectivity index (χ2v) is 5.79. The average Bonchev–Trinajstić information content (AvgIpc) is 2.87. The van der Waals surface area contributed by atoms with Gasteiger partial charge < -0.3 is 10.0 Å². The molecule has 2 rings (SSSR count). The van der Waals surface area contributed by atoms with Crippen LogP contribution >= 0.6 is 0 Å². The molecule has 0 saturated carbocycles. The Morgan fingerprint density at radius 2 is 2.15 bits per heavy atom. The number of halogens is 1. The van der Waals surface area contributed by atoms with Crippen molar-refractivity contribution >= 4 is 5.78 Å². The van der Waals surface area contributed by atoms with Crippen molar-refractivity contribution in [3.05, 3.63) is 35.6 Å². The predicted octanol–water partition coefficient (Wildman–Crippen LogP) is 2.35. The molecule has 0 aromatic heterocycles. The first-order valence-electron chi connectivity index (χ1n) is 7.18. The summed E-state index contributed by atoms with van der Waals surface area (Å²) in [6.07, 6.45) is 0.649. The molecule has 0 amide bonds. The number of hydrogen-bond donors (Lipinski definition) is 1. The molecule has 3 unspecified atom stereocenters. The molecule has 1 saturated heterocycles. The largest absolute Gasteiger partial charge is 0.393 e. The van der Waals surface area contributed by atoms with Gasteiger partial charge in [-0.1, -0.05) is 19.1 Å². The third-order valence-corrected chi connectivity index (χ3v) is 4.11. The van der Waals surface area contributed by atoms with Crippen molar-refractivity contribution in [2.75, 3.05) is 19.6 Å². The van der Waals surface area contributed by atoms with Crippen LogP contribution in [0.2, 0.25) is 0 Å². The van der Waals surface area contributed by atoms with E-state index < -0.39 is 5.82 Å². The number of aliphatic hydroxyl groups excluding tert-OH is 1. The molecule has 1 N–H and O–H groups in total. The number of likely N-dealkylation sites (tertiary alicyclic amines) is 1. The van der Waals surface area contributed by atoms with Crippen LogP contribution in [-0.2, 0) is 0 Å². The number of nitrogens with zero attached hydrogens (tertiary/aromatic N) is 1. The zero-order chi connectivity index (χ0) is 14.7. The van der Waals surface area contributed by atoms with Gasteiger partial charge in [-0.3, -0.25) is 4.79 Å². The Labute approximate surface area is 119 Å². The number of benzene rings is 1. The number of aliphatic hydroxyl groups is 1. The van der Waals surface area contributed by atoms with Crippen LogP contribution in [0.1, 0.15) is 30.6 Å². The zero-order valence-electron chi connectivity index (χ0n) is 12.1. The quantitative estimate of drug-likeness (QED) is 0.841. The number of carbonyl (C=O) groups is 1. The topological polar surface area (TPSA) is 40.5 Å². The van der Waals surface area contributed by atoms with Crippen LogP contribution < -0.4 is 0 Å². The van der Waals surface area contributed by atoms with Gasteiger partial charge in [0, 0.05) is 19.0 Å². The van der Waals surface area contributed by atoms with Crippen LogP contribution in [0.25, 0.3) is 0 Å². The first-order chi connectivity index (χ1) is 9.49. The van der Waals surface area contributed by atoms with E-state index in [1.54, 1.807) is 12.1 Å². The second-order valence-electron chi connectivity index (χ2n) is 5.79. The molecule has 1 fully saturated rings. The summed E-state index contributed by atoms with van der Waals surface area (Å²) in [5, 5.41) is 9.58.